The van der Waals surface area contributed by atoms with Gasteiger partial charge in [0, 0.05) is 32.1 Å². The topological polar surface area (TPSA) is 59.1 Å². The summed E-state index contributed by atoms with van der Waals surface area (Å²) in [5.41, 5.74) is 0.935. The molecular formula is C21H28N2O4. The van der Waals surface area contributed by atoms with Crippen molar-refractivity contribution in [2.45, 2.75) is 39.0 Å². The SMILES string of the molecule is CC1CCCN(C(=O)C2CCN(C(=O)Cc3ccc4c(c3)OCO4)CC2)C1. The maximum atomic E-state index is 12.8. The zero-order valence-corrected chi connectivity index (χ0v) is 16.0. The van der Waals surface area contributed by atoms with Crippen LogP contribution >= 0.6 is 0 Å². The predicted octanol–water partition coefficient (Wildman–Crippen LogP) is 2.45. The summed E-state index contributed by atoms with van der Waals surface area (Å²) in [5, 5.41) is 0. The van der Waals surface area contributed by atoms with E-state index in [4.69, 9.17) is 9.47 Å². The van der Waals surface area contributed by atoms with Gasteiger partial charge in [-0.05, 0) is 49.3 Å². The number of rotatable bonds is 3. The van der Waals surface area contributed by atoms with Crippen molar-refractivity contribution in [1.29, 1.82) is 0 Å². The van der Waals surface area contributed by atoms with Gasteiger partial charge in [0.05, 0.1) is 6.42 Å². The molecule has 0 aliphatic carbocycles. The van der Waals surface area contributed by atoms with Gasteiger partial charge >= 0.3 is 0 Å². The lowest BCUT2D eigenvalue weighted by atomic mass is 9.92. The quantitative estimate of drug-likeness (QED) is 0.818. The van der Waals surface area contributed by atoms with Crippen LogP contribution in [0.5, 0.6) is 11.5 Å². The maximum Gasteiger partial charge on any atom is 0.231 e. The Bertz CT molecular complexity index is 712. The highest BCUT2D eigenvalue weighted by Gasteiger charge is 2.31. The molecule has 3 heterocycles. The molecule has 146 valence electrons. The summed E-state index contributed by atoms with van der Waals surface area (Å²) in [6.07, 6.45) is 4.24. The minimum atomic E-state index is 0.0740. The lowest BCUT2D eigenvalue weighted by molar-refractivity contribution is -0.141. The number of carbonyl (C=O) groups excluding carboxylic acids is 2. The van der Waals surface area contributed by atoms with Crippen LogP contribution < -0.4 is 9.47 Å². The first-order valence-corrected chi connectivity index (χ1v) is 10.1. The van der Waals surface area contributed by atoms with Crippen LogP contribution in [0.4, 0.5) is 0 Å². The molecule has 27 heavy (non-hydrogen) atoms. The Hall–Kier alpha value is -2.24. The van der Waals surface area contributed by atoms with Gasteiger partial charge in [0.15, 0.2) is 11.5 Å². The van der Waals surface area contributed by atoms with Crippen molar-refractivity contribution in [3.8, 4) is 11.5 Å². The van der Waals surface area contributed by atoms with E-state index in [0.717, 1.165) is 43.7 Å². The lowest BCUT2D eigenvalue weighted by Gasteiger charge is -2.37. The van der Waals surface area contributed by atoms with Crippen molar-refractivity contribution >= 4 is 11.8 Å². The molecule has 2 amide bonds. The minimum absolute atomic E-state index is 0.0740. The average Bonchev–Trinajstić information content (AvgIpc) is 3.15. The van der Waals surface area contributed by atoms with E-state index < -0.39 is 0 Å². The first-order chi connectivity index (χ1) is 13.1. The number of nitrogens with zero attached hydrogens (tertiary/aromatic N) is 2. The Morgan fingerprint density at radius 3 is 2.59 bits per heavy atom. The van der Waals surface area contributed by atoms with Crippen LogP contribution in [0.2, 0.25) is 0 Å². The molecule has 0 radical (unpaired) electrons. The summed E-state index contributed by atoms with van der Waals surface area (Å²) in [5.74, 6) is 2.53. The molecule has 0 spiro atoms. The van der Waals surface area contributed by atoms with Gasteiger partial charge in [-0.3, -0.25) is 9.59 Å². The monoisotopic (exact) mass is 372 g/mol. The number of fused-ring (bicyclic) bond motifs is 1. The van der Waals surface area contributed by atoms with Crippen molar-refractivity contribution in [2.75, 3.05) is 33.0 Å². The summed E-state index contributed by atoms with van der Waals surface area (Å²) in [6, 6.07) is 5.66. The van der Waals surface area contributed by atoms with E-state index in [1.54, 1.807) is 0 Å². The highest BCUT2D eigenvalue weighted by molar-refractivity contribution is 5.81. The fraction of sp³-hybridized carbons (Fsp3) is 0.619. The van der Waals surface area contributed by atoms with E-state index in [9.17, 15) is 9.59 Å². The Kier molecular flexibility index (Phi) is 5.23. The van der Waals surface area contributed by atoms with E-state index in [-0.39, 0.29) is 18.6 Å². The second-order valence-corrected chi connectivity index (χ2v) is 8.05. The first-order valence-electron chi connectivity index (χ1n) is 10.1. The number of benzene rings is 1. The number of carbonyl (C=O) groups is 2. The fourth-order valence-electron chi connectivity index (χ4n) is 4.36. The number of hydrogen-bond acceptors (Lipinski definition) is 4. The Morgan fingerprint density at radius 2 is 1.81 bits per heavy atom. The predicted molar refractivity (Wildman–Crippen MR) is 101 cm³/mol. The summed E-state index contributed by atoms with van der Waals surface area (Å²) >= 11 is 0. The molecule has 1 atom stereocenters. The Labute approximate surface area is 160 Å². The zero-order valence-electron chi connectivity index (χ0n) is 16.0. The van der Waals surface area contributed by atoms with Crippen LogP contribution in [0.1, 0.15) is 38.2 Å². The van der Waals surface area contributed by atoms with E-state index in [0.29, 0.717) is 37.1 Å². The Balaban J connectivity index is 1.28. The number of amides is 2. The molecule has 0 aromatic heterocycles. The van der Waals surface area contributed by atoms with E-state index in [2.05, 4.69) is 6.92 Å². The number of hydrogen-bond donors (Lipinski definition) is 0. The Morgan fingerprint density at radius 1 is 1.04 bits per heavy atom. The molecule has 3 aliphatic rings. The summed E-state index contributed by atoms with van der Waals surface area (Å²) in [7, 11) is 0. The van der Waals surface area contributed by atoms with E-state index in [1.807, 2.05) is 28.0 Å². The number of piperidine rings is 2. The third-order valence-electron chi connectivity index (χ3n) is 5.96. The third-order valence-corrected chi connectivity index (χ3v) is 5.96. The lowest BCUT2D eigenvalue weighted by Crippen LogP contribution is -2.47. The van der Waals surface area contributed by atoms with Crippen molar-refractivity contribution in [3.63, 3.8) is 0 Å². The maximum absolute atomic E-state index is 12.8. The van der Waals surface area contributed by atoms with E-state index >= 15 is 0 Å². The molecule has 6 nitrogen and oxygen atoms in total. The zero-order chi connectivity index (χ0) is 18.8. The molecule has 2 fully saturated rings. The molecule has 0 bridgehead atoms. The highest BCUT2D eigenvalue weighted by Crippen LogP contribution is 2.33. The third kappa shape index (κ3) is 4.04. The van der Waals surface area contributed by atoms with Gasteiger partial charge in [-0.15, -0.1) is 0 Å². The summed E-state index contributed by atoms with van der Waals surface area (Å²) in [4.78, 5) is 29.4. The van der Waals surface area contributed by atoms with Crippen LogP contribution in [0, 0.1) is 11.8 Å². The van der Waals surface area contributed by atoms with Crippen molar-refractivity contribution in [2.24, 2.45) is 11.8 Å². The number of ether oxygens (including phenoxy) is 2. The molecule has 2 saturated heterocycles. The van der Waals surface area contributed by atoms with Crippen molar-refractivity contribution in [1.82, 2.24) is 9.80 Å². The van der Waals surface area contributed by atoms with E-state index in [1.165, 1.54) is 6.42 Å². The van der Waals surface area contributed by atoms with Gasteiger partial charge in [0.2, 0.25) is 18.6 Å². The molecule has 1 aromatic carbocycles. The highest BCUT2D eigenvalue weighted by atomic mass is 16.7. The van der Waals surface area contributed by atoms with Crippen LogP contribution in [0.3, 0.4) is 0 Å². The van der Waals surface area contributed by atoms with Crippen LogP contribution in [0.15, 0.2) is 18.2 Å². The second-order valence-electron chi connectivity index (χ2n) is 8.05. The molecule has 3 aliphatic heterocycles. The molecule has 1 unspecified atom stereocenters. The van der Waals surface area contributed by atoms with Gasteiger partial charge in [-0.2, -0.15) is 0 Å². The minimum Gasteiger partial charge on any atom is -0.454 e. The van der Waals surface area contributed by atoms with Crippen LogP contribution in [-0.2, 0) is 16.0 Å². The van der Waals surface area contributed by atoms with Gasteiger partial charge in [-0.25, -0.2) is 0 Å². The molecule has 6 heteroatoms. The molecule has 1 aromatic rings. The van der Waals surface area contributed by atoms with Crippen molar-refractivity contribution in [3.05, 3.63) is 23.8 Å². The normalized spacial score (nSPS) is 22.8. The largest absolute Gasteiger partial charge is 0.454 e. The van der Waals surface area contributed by atoms with Gasteiger partial charge in [0.1, 0.15) is 0 Å². The molecular weight excluding hydrogens is 344 g/mol. The standard InChI is InChI=1S/C21H28N2O4/c1-15-3-2-8-23(13-15)21(25)17-6-9-22(10-7-17)20(24)12-16-4-5-18-19(11-16)27-14-26-18/h4-5,11,15,17H,2-3,6-10,12-14H2,1H3. The fourth-order valence-corrected chi connectivity index (χ4v) is 4.36. The summed E-state index contributed by atoms with van der Waals surface area (Å²) < 4.78 is 10.7. The van der Waals surface area contributed by atoms with Gasteiger partial charge < -0.3 is 19.3 Å². The first kappa shape index (κ1) is 18.1. The molecule has 4 rings (SSSR count). The van der Waals surface area contributed by atoms with Crippen LogP contribution in [0.25, 0.3) is 0 Å². The average molecular weight is 372 g/mol. The van der Waals surface area contributed by atoms with Crippen LogP contribution in [-0.4, -0.2) is 54.6 Å². The molecule has 0 N–H and O–H groups in total. The smallest absolute Gasteiger partial charge is 0.231 e. The molecule has 0 saturated carbocycles. The van der Waals surface area contributed by atoms with Gasteiger partial charge in [-0.1, -0.05) is 13.0 Å². The van der Waals surface area contributed by atoms with Gasteiger partial charge in [0.25, 0.3) is 0 Å². The summed E-state index contributed by atoms with van der Waals surface area (Å²) in [6.45, 7) is 5.59. The second kappa shape index (κ2) is 7.79. The van der Waals surface area contributed by atoms with Crippen molar-refractivity contribution < 1.29 is 19.1 Å². The number of likely N-dealkylation sites (tertiary alicyclic amines) is 2.